The molecule has 1 saturated heterocycles. The Bertz CT molecular complexity index is 1730. The van der Waals surface area contributed by atoms with Gasteiger partial charge in [0, 0.05) is 5.69 Å². The van der Waals surface area contributed by atoms with Gasteiger partial charge in [0.2, 0.25) is 5.91 Å². The number of anilines is 2. The summed E-state index contributed by atoms with van der Waals surface area (Å²) >= 11 is 1.22. The van der Waals surface area contributed by atoms with Gasteiger partial charge in [-0.3, -0.25) is 9.69 Å². The smallest absolute Gasteiger partial charge is 0.406 e. The minimum atomic E-state index is -4.76. The normalized spacial score (nSPS) is 14.7. The molecule has 0 atom stereocenters. The predicted octanol–water partition coefficient (Wildman–Crippen LogP) is 7.44. The molecule has 0 aliphatic carbocycles. The molecule has 0 radical (unpaired) electrons. The van der Waals surface area contributed by atoms with Crippen molar-refractivity contribution in [1.82, 2.24) is 14.8 Å². The molecule has 0 spiro atoms. The number of nitrogens with zero attached hydrogens (tertiary/aromatic N) is 5. The van der Waals surface area contributed by atoms with Crippen LogP contribution in [0, 0.1) is 6.92 Å². The molecular weight excluding hydrogens is 593 g/mol. The van der Waals surface area contributed by atoms with E-state index in [9.17, 15) is 22.8 Å². The quantitative estimate of drug-likeness (QED) is 0.231. The summed E-state index contributed by atoms with van der Waals surface area (Å²) < 4.78 is 42.4. The van der Waals surface area contributed by atoms with Gasteiger partial charge < -0.3 is 10.1 Å². The van der Waals surface area contributed by atoms with Gasteiger partial charge in [-0.05, 0) is 78.1 Å². The molecule has 2 heterocycles. The Hall–Kier alpha value is -4.91. The van der Waals surface area contributed by atoms with Crippen LogP contribution in [-0.4, -0.2) is 44.0 Å². The zero-order chi connectivity index (χ0) is 31.4. The van der Waals surface area contributed by atoms with E-state index in [-0.39, 0.29) is 23.3 Å². The molecule has 9 nitrogen and oxygen atoms in total. The second-order valence-electron chi connectivity index (χ2n) is 10.1. The Morgan fingerprint density at radius 3 is 2.48 bits per heavy atom. The van der Waals surface area contributed by atoms with E-state index in [1.807, 2.05) is 25.1 Å². The first-order valence-corrected chi connectivity index (χ1v) is 14.5. The van der Waals surface area contributed by atoms with Gasteiger partial charge in [0.25, 0.3) is 0 Å². The summed E-state index contributed by atoms with van der Waals surface area (Å²) in [5.74, 6) is 0.315. The molecule has 0 bridgehead atoms. The summed E-state index contributed by atoms with van der Waals surface area (Å²) in [5.41, 5.74) is 4.59. The first-order chi connectivity index (χ1) is 20.9. The number of amides is 3. The third-order valence-electron chi connectivity index (χ3n) is 6.44. The van der Waals surface area contributed by atoms with Crippen molar-refractivity contribution in [2.45, 2.75) is 33.1 Å². The zero-order valence-corrected chi connectivity index (χ0v) is 24.7. The number of alkyl halides is 3. The molecule has 3 amide bonds. The number of carbonyl (C=O) groups is 2. The number of urea groups is 1. The number of hydrogen-bond donors (Lipinski definition) is 1. The molecule has 0 saturated carbocycles. The number of rotatable bonds is 7. The van der Waals surface area contributed by atoms with E-state index < -0.39 is 12.4 Å². The molecule has 226 valence electrons. The first-order valence-electron chi connectivity index (χ1n) is 13.5. The summed E-state index contributed by atoms with van der Waals surface area (Å²) in [7, 11) is 0. The number of amidine groups is 1. The van der Waals surface area contributed by atoms with Crippen molar-refractivity contribution in [3.8, 4) is 11.4 Å². The SMILES string of the molecule is Cc1ccc(C(C)C)c(N2C(=O)CSC2=NC(=O)Nc2ccc(C=Cc3ncn(-c4ccc(OC(F)(F)F)cc4)n3)cc2)c1. The second-order valence-corrected chi connectivity index (χ2v) is 11.0. The van der Waals surface area contributed by atoms with E-state index in [2.05, 4.69) is 39.0 Å². The lowest BCUT2D eigenvalue weighted by molar-refractivity contribution is -0.274. The number of benzene rings is 3. The molecule has 13 heteroatoms. The number of thioether (sulfide) groups is 1. The van der Waals surface area contributed by atoms with Crippen LogP contribution in [0.1, 0.15) is 42.3 Å². The highest BCUT2D eigenvalue weighted by Gasteiger charge is 2.33. The maximum Gasteiger partial charge on any atom is 0.573 e. The molecule has 4 aromatic rings. The number of carbonyl (C=O) groups excluding carboxylic acids is 2. The molecule has 5 rings (SSSR count). The largest absolute Gasteiger partial charge is 0.573 e. The number of aryl methyl sites for hydroxylation is 1. The highest BCUT2D eigenvalue weighted by molar-refractivity contribution is 8.15. The number of halogens is 3. The molecule has 44 heavy (non-hydrogen) atoms. The van der Waals surface area contributed by atoms with Crippen LogP contribution in [0.2, 0.25) is 0 Å². The molecule has 0 unspecified atom stereocenters. The third kappa shape index (κ3) is 7.53. The predicted molar refractivity (Wildman–Crippen MR) is 165 cm³/mol. The highest BCUT2D eigenvalue weighted by atomic mass is 32.2. The van der Waals surface area contributed by atoms with Crippen LogP contribution in [0.15, 0.2) is 78.0 Å². The van der Waals surface area contributed by atoms with Crippen molar-refractivity contribution in [1.29, 1.82) is 0 Å². The molecule has 1 aliphatic heterocycles. The van der Waals surface area contributed by atoms with Crippen molar-refractivity contribution in [3.63, 3.8) is 0 Å². The number of aromatic nitrogens is 3. The van der Waals surface area contributed by atoms with E-state index in [0.717, 1.165) is 22.4 Å². The van der Waals surface area contributed by atoms with Crippen LogP contribution in [0.3, 0.4) is 0 Å². The van der Waals surface area contributed by atoms with Gasteiger partial charge in [0.15, 0.2) is 11.0 Å². The Labute approximate surface area is 255 Å². The van der Waals surface area contributed by atoms with Crippen LogP contribution in [0.5, 0.6) is 5.75 Å². The Balaban J connectivity index is 1.22. The number of aliphatic imine (C=N–C) groups is 1. The third-order valence-corrected chi connectivity index (χ3v) is 7.37. The highest BCUT2D eigenvalue weighted by Crippen LogP contribution is 2.34. The summed E-state index contributed by atoms with van der Waals surface area (Å²) in [4.78, 5) is 35.5. The van der Waals surface area contributed by atoms with Crippen LogP contribution in [-0.2, 0) is 4.79 Å². The molecule has 1 aliphatic rings. The van der Waals surface area contributed by atoms with Crippen molar-refractivity contribution in [3.05, 3.63) is 95.6 Å². The van der Waals surface area contributed by atoms with Crippen molar-refractivity contribution in [2.75, 3.05) is 16.0 Å². The zero-order valence-electron chi connectivity index (χ0n) is 23.9. The van der Waals surface area contributed by atoms with Crippen molar-refractivity contribution >= 4 is 52.4 Å². The van der Waals surface area contributed by atoms with Crippen LogP contribution in [0.25, 0.3) is 17.8 Å². The Morgan fingerprint density at radius 2 is 1.80 bits per heavy atom. The second kappa shape index (κ2) is 12.8. The number of nitrogens with one attached hydrogen (secondary N) is 1. The van der Waals surface area contributed by atoms with E-state index in [4.69, 9.17) is 0 Å². The van der Waals surface area contributed by atoms with E-state index in [1.165, 1.54) is 51.9 Å². The van der Waals surface area contributed by atoms with Crippen LogP contribution >= 0.6 is 11.8 Å². The monoisotopic (exact) mass is 620 g/mol. The summed E-state index contributed by atoms with van der Waals surface area (Å²) in [6, 6.07) is 17.6. The summed E-state index contributed by atoms with van der Waals surface area (Å²) in [6.07, 6.45) is 0.137. The van der Waals surface area contributed by atoms with Gasteiger partial charge in [0.05, 0.1) is 17.1 Å². The minimum absolute atomic E-state index is 0.127. The topological polar surface area (TPSA) is 102 Å². The van der Waals surface area contributed by atoms with Gasteiger partial charge in [-0.2, -0.15) is 4.99 Å². The Kier molecular flexibility index (Phi) is 8.86. The lowest BCUT2D eigenvalue weighted by Crippen LogP contribution is -2.31. The fourth-order valence-electron chi connectivity index (χ4n) is 4.38. The summed E-state index contributed by atoms with van der Waals surface area (Å²) in [5, 5.41) is 7.39. The molecule has 3 aromatic carbocycles. The summed E-state index contributed by atoms with van der Waals surface area (Å²) in [6.45, 7) is 6.06. The Morgan fingerprint density at radius 1 is 1.07 bits per heavy atom. The van der Waals surface area contributed by atoms with Gasteiger partial charge in [-0.15, -0.1) is 18.3 Å². The van der Waals surface area contributed by atoms with Gasteiger partial charge in [0.1, 0.15) is 12.1 Å². The fourth-order valence-corrected chi connectivity index (χ4v) is 5.24. The lowest BCUT2D eigenvalue weighted by atomic mass is 9.99. The average molecular weight is 621 g/mol. The van der Waals surface area contributed by atoms with Gasteiger partial charge in [-0.1, -0.05) is 56.0 Å². The van der Waals surface area contributed by atoms with Crippen LogP contribution in [0.4, 0.5) is 29.3 Å². The molecule has 1 fully saturated rings. The first kappa shape index (κ1) is 30.5. The molecular formula is C31H27F3N6O3S. The van der Waals surface area contributed by atoms with Crippen LogP contribution < -0.4 is 15.0 Å². The fraction of sp³-hybridized carbons (Fsp3) is 0.194. The standard InChI is InChI=1S/C31H27F3N6O3S/c1-19(2)25-14-4-20(3)16-26(25)40-28(41)17-44-30(40)37-29(42)36-22-8-5-21(6-9-22)7-15-27-35-18-39(38-27)23-10-12-24(13-11-23)43-31(32,33)34/h4-16,18-19H,17H2,1-3H3,(H,36,42). The number of ether oxygens (including phenoxy) is 1. The average Bonchev–Trinajstić information content (AvgIpc) is 3.58. The number of hydrogen-bond acceptors (Lipinski definition) is 6. The van der Waals surface area contributed by atoms with E-state index >= 15 is 0 Å². The maximum absolute atomic E-state index is 12.8. The van der Waals surface area contributed by atoms with Crippen molar-refractivity contribution < 1.29 is 27.5 Å². The lowest BCUT2D eigenvalue weighted by Gasteiger charge is -2.22. The molecule has 1 aromatic heterocycles. The van der Waals surface area contributed by atoms with Gasteiger partial charge >= 0.3 is 12.4 Å². The minimum Gasteiger partial charge on any atom is -0.406 e. The van der Waals surface area contributed by atoms with Crippen molar-refractivity contribution in [2.24, 2.45) is 4.99 Å². The van der Waals surface area contributed by atoms with Gasteiger partial charge in [-0.25, -0.2) is 14.5 Å². The van der Waals surface area contributed by atoms with E-state index in [1.54, 1.807) is 36.4 Å². The van der Waals surface area contributed by atoms with E-state index in [0.29, 0.717) is 22.4 Å². The maximum atomic E-state index is 12.8. The molecule has 1 N–H and O–H groups in total.